The van der Waals surface area contributed by atoms with E-state index in [2.05, 4.69) is 59.9 Å². The van der Waals surface area contributed by atoms with Crippen LogP contribution in [0.1, 0.15) is 35.1 Å². The third-order valence-electron chi connectivity index (χ3n) is 6.02. The predicted octanol–water partition coefficient (Wildman–Crippen LogP) is 6.71. The summed E-state index contributed by atoms with van der Waals surface area (Å²) < 4.78 is 0. The molecule has 3 aromatic carbocycles. The van der Waals surface area contributed by atoms with Crippen molar-refractivity contribution in [2.24, 2.45) is 5.92 Å². The van der Waals surface area contributed by atoms with Gasteiger partial charge < -0.3 is 5.32 Å². The zero-order chi connectivity index (χ0) is 20.5. The number of fused-ring (bicyclic) bond motifs is 3. The Kier molecular flexibility index (Phi) is 5.05. The second kappa shape index (κ2) is 8.00. The molecule has 1 N–H and O–H groups in total. The molecule has 0 aromatic heterocycles. The molecule has 2 aliphatic rings. The van der Waals surface area contributed by atoms with Crippen molar-refractivity contribution in [3.8, 4) is 0 Å². The number of nitrogens with zero attached hydrogens (tertiary/aromatic N) is 1. The number of nitro benzene ring substituents is 1. The Hall–Kier alpha value is -3.05. The summed E-state index contributed by atoms with van der Waals surface area (Å²) >= 11 is 1.85. The van der Waals surface area contributed by atoms with Crippen LogP contribution in [-0.2, 0) is 5.75 Å². The third kappa shape index (κ3) is 3.61. The predicted molar refractivity (Wildman–Crippen MR) is 122 cm³/mol. The lowest BCUT2D eigenvalue weighted by molar-refractivity contribution is -0.384. The number of hydrogen-bond donors (Lipinski definition) is 1. The highest BCUT2D eigenvalue weighted by Gasteiger charge is 2.38. The van der Waals surface area contributed by atoms with E-state index in [-0.39, 0.29) is 16.7 Å². The number of hydrogen-bond acceptors (Lipinski definition) is 4. The Morgan fingerprint density at radius 3 is 2.73 bits per heavy atom. The second-order valence-electron chi connectivity index (χ2n) is 7.85. The minimum Gasteiger partial charge on any atom is -0.378 e. The molecule has 1 aliphatic heterocycles. The molecule has 4 nitrogen and oxygen atoms in total. The van der Waals surface area contributed by atoms with E-state index in [9.17, 15) is 10.1 Å². The highest BCUT2D eigenvalue weighted by atomic mass is 32.2. The minimum absolute atomic E-state index is 0.0712. The Morgan fingerprint density at radius 2 is 1.90 bits per heavy atom. The molecule has 0 amide bonds. The topological polar surface area (TPSA) is 55.2 Å². The molecule has 0 unspecified atom stereocenters. The fraction of sp³-hybridized carbons (Fsp3) is 0.200. The molecule has 0 saturated carbocycles. The first kappa shape index (κ1) is 18.9. The van der Waals surface area contributed by atoms with Crippen molar-refractivity contribution in [2.45, 2.75) is 29.0 Å². The molecule has 150 valence electrons. The number of thioether (sulfide) groups is 1. The summed E-state index contributed by atoms with van der Waals surface area (Å²) in [6, 6.07) is 24.3. The molecule has 5 heteroatoms. The number of nitro groups is 1. The first-order valence-corrected chi connectivity index (χ1v) is 11.2. The number of anilines is 1. The van der Waals surface area contributed by atoms with E-state index in [0.29, 0.717) is 11.8 Å². The summed E-state index contributed by atoms with van der Waals surface area (Å²) in [6.07, 6.45) is 5.54. The molecular formula is C25H22N2O2S. The molecule has 0 bridgehead atoms. The molecule has 1 heterocycles. The van der Waals surface area contributed by atoms with Crippen molar-refractivity contribution in [3.63, 3.8) is 0 Å². The Morgan fingerprint density at radius 1 is 1.03 bits per heavy atom. The summed E-state index contributed by atoms with van der Waals surface area (Å²) in [5.41, 5.74) is 4.92. The number of benzene rings is 3. The van der Waals surface area contributed by atoms with E-state index in [1.807, 2.05) is 23.9 Å². The fourth-order valence-corrected chi connectivity index (χ4v) is 5.44. The van der Waals surface area contributed by atoms with Crippen molar-refractivity contribution in [1.82, 2.24) is 0 Å². The van der Waals surface area contributed by atoms with Crippen molar-refractivity contribution in [3.05, 3.63) is 112 Å². The number of allylic oxidation sites excluding steroid dienone is 2. The van der Waals surface area contributed by atoms with Gasteiger partial charge in [0.2, 0.25) is 0 Å². The lowest BCUT2D eigenvalue weighted by Crippen LogP contribution is -2.29. The van der Waals surface area contributed by atoms with Gasteiger partial charge in [-0.15, -0.1) is 11.8 Å². The Balaban J connectivity index is 1.42. The Bertz CT molecular complexity index is 1110. The molecule has 3 atom stereocenters. The van der Waals surface area contributed by atoms with Gasteiger partial charge in [0, 0.05) is 34.4 Å². The average Bonchev–Trinajstić information content (AvgIpc) is 3.28. The van der Waals surface area contributed by atoms with Gasteiger partial charge in [-0.3, -0.25) is 10.1 Å². The maximum atomic E-state index is 11.2. The van der Waals surface area contributed by atoms with Crippen LogP contribution in [-0.4, -0.2) is 4.92 Å². The highest BCUT2D eigenvalue weighted by Crippen LogP contribution is 2.50. The van der Waals surface area contributed by atoms with E-state index < -0.39 is 0 Å². The van der Waals surface area contributed by atoms with Crippen molar-refractivity contribution >= 4 is 23.1 Å². The molecule has 3 aromatic rings. The van der Waals surface area contributed by atoms with E-state index >= 15 is 0 Å². The minimum atomic E-state index is -0.318. The lowest BCUT2D eigenvalue weighted by Gasteiger charge is -2.37. The standard InChI is InChI=1S/C25H22N2O2S/c28-27(29)19-7-4-6-18(15-19)25-22-11-5-10-21(22)23-14-17(12-13-24(23)26-25)16-30-20-8-2-1-3-9-20/h1-10,12-15,21-22,25-26H,11,16H2/t21-,22+,25+/m1/s1. The number of non-ortho nitro benzene ring substituents is 1. The van der Waals surface area contributed by atoms with Crippen LogP contribution < -0.4 is 5.32 Å². The lowest BCUT2D eigenvalue weighted by atomic mass is 9.76. The van der Waals surface area contributed by atoms with Gasteiger partial charge >= 0.3 is 0 Å². The van der Waals surface area contributed by atoms with Gasteiger partial charge in [0.15, 0.2) is 0 Å². The van der Waals surface area contributed by atoms with Crippen LogP contribution in [0.2, 0.25) is 0 Å². The van der Waals surface area contributed by atoms with E-state index in [1.54, 1.807) is 18.2 Å². The monoisotopic (exact) mass is 414 g/mol. The smallest absolute Gasteiger partial charge is 0.269 e. The quantitative estimate of drug-likeness (QED) is 0.218. The molecular weight excluding hydrogens is 392 g/mol. The summed E-state index contributed by atoms with van der Waals surface area (Å²) in [7, 11) is 0. The van der Waals surface area contributed by atoms with Gasteiger partial charge in [0.25, 0.3) is 5.69 Å². The summed E-state index contributed by atoms with van der Waals surface area (Å²) in [5.74, 6) is 1.65. The number of rotatable bonds is 5. The van der Waals surface area contributed by atoms with Gasteiger partial charge in [0.1, 0.15) is 0 Å². The van der Waals surface area contributed by atoms with Crippen molar-refractivity contribution < 1.29 is 4.92 Å². The Labute approximate surface area is 180 Å². The summed E-state index contributed by atoms with van der Waals surface area (Å²) in [6.45, 7) is 0. The maximum absolute atomic E-state index is 11.2. The molecule has 0 radical (unpaired) electrons. The molecule has 30 heavy (non-hydrogen) atoms. The first-order chi connectivity index (χ1) is 14.7. The van der Waals surface area contributed by atoms with Crippen LogP contribution >= 0.6 is 11.8 Å². The maximum Gasteiger partial charge on any atom is 0.269 e. The van der Waals surface area contributed by atoms with Crippen molar-refractivity contribution in [1.29, 1.82) is 0 Å². The molecule has 0 saturated heterocycles. The largest absolute Gasteiger partial charge is 0.378 e. The van der Waals surface area contributed by atoms with E-state index in [1.165, 1.54) is 16.0 Å². The van der Waals surface area contributed by atoms with Crippen LogP contribution in [0.5, 0.6) is 0 Å². The molecule has 0 fully saturated rings. The fourth-order valence-electron chi connectivity index (χ4n) is 4.58. The van der Waals surface area contributed by atoms with Gasteiger partial charge in [-0.2, -0.15) is 0 Å². The third-order valence-corrected chi connectivity index (χ3v) is 7.10. The van der Waals surface area contributed by atoms with E-state index in [0.717, 1.165) is 23.4 Å². The van der Waals surface area contributed by atoms with Crippen LogP contribution in [0.3, 0.4) is 0 Å². The van der Waals surface area contributed by atoms with Gasteiger partial charge in [-0.25, -0.2) is 0 Å². The zero-order valence-corrected chi connectivity index (χ0v) is 17.2. The SMILES string of the molecule is O=[N+]([O-])c1cccc([C@@H]2Nc3ccc(CSc4ccccc4)cc3[C@@H]3C=CC[C@@H]32)c1. The van der Waals surface area contributed by atoms with Gasteiger partial charge in [0.05, 0.1) is 11.0 Å². The summed E-state index contributed by atoms with van der Waals surface area (Å²) in [4.78, 5) is 12.2. The van der Waals surface area contributed by atoms with Crippen LogP contribution in [0.25, 0.3) is 0 Å². The van der Waals surface area contributed by atoms with Gasteiger partial charge in [-0.1, -0.05) is 54.6 Å². The van der Waals surface area contributed by atoms with Gasteiger partial charge in [-0.05, 0) is 47.2 Å². The molecule has 5 rings (SSSR count). The second-order valence-corrected chi connectivity index (χ2v) is 8.90. The van der Waals surface area contributed by atoms with E-state index in [4.69, 9.17) is 0 Å². The molecule has 0 spiro atoms. The van der Waals surface area contributed by atoms with Crippen LogP contribution in [0.4, 0.5) is 11.4 Å². The van der Waals surface area contributed by atoms with Crippen LogP contribution in [0, 0.1) is 16.0 Å². The van der Waals surface area contributed by atoms with Crippen LogP contribution in [0.15, 0.2) is 89.8 Å². The average molecular weight is 415 g/mol. The highest BCUT2D eigenvalue weighted by molar-refractivity contribution is 7.98. The molecule has 1 aliphatic carbocycles. The zero-order valence-electron chi connectivity index (χ0n) is 16.4. The summed E-state index contributed by atoms with van der Waals surface area (Å²) in [5, 5.41) is 14.9. The normalized spacial score (nSPS) is 21.5. The first-order valence-electron chi connectivity index (χ1n) is 10.2. The van der Waals surface area contributed by atoms with Crippen molar-refractivity contribution in [2.75, 3.05) is 5.32 Å². The number of nitrogens with one attached hydrogen (secondary N) is 1.